The van der Waals surface area contributed by atoms with Gasteiger partial charge in [-0.05, 0) is 19.1 Å². The first-order valence-corrected chi connectivity index (χ1v) is 7.81. The van der Waals surface area contributed by atoms with Gasteiger partial charge in [0.25, 0.3) is 5.56 Å². The van der Waals surface area contributed by atoms with Gasteiger partial charge in [0, 0.05) is 17.7 Å². The van der Waals surface area contributed by atoms with Crippen LogP contribution in [0, 0.1) is 18.6 Å². The van der Waals surface area contributed by atoms with Crippen molar-refractivity contribution < 1.29 is 13.6 Å². The van der Waals surface area contributed by atoms with E-state index in [-0.39, 0.29) is 12.2 Å². The maximum absolute atomic E-state index is 13.6. The number of halogens is 2. The number of anilines is 1. The highest BCUT2D eigenvalue weighted by molar-refractivity contribution is 5.90. The Kier molecular flexibility index (Phi) is 4.88. The number of carbonyl (C=O) groups excluding carboxylic acids is 1. The molecule has 1 heterocycles. The second kappa shape index (κ2) is 7.26. The Morgan fingerprint density at radius 1 is 1.12 bits per heavy atom. The summed E-state index contributed by atoms with van der Waals surface area (Å²) < 4.78 is 27.5. The molecule has 0 fully saturated rings. The Balaban J connectivity index is 1.74. The summed E-state index contributed by atoms with van der Waals surface area (Å²) in [5.41, 5.74) is 1.81. The van der Waals surface area contributed by atoms with Crippen molar-refractivity contribution in [1.29, 1.82) is 0 Å². The summed E-state index contributed by atoms with van der Waals surface area (Å²) in [5, 5.41) is 2.30. The third-order valence-corrected chi connectivity index (χ3v) is 3.75. The number of nitrogens with one attached hydrogen (secondary N) is 1. The summed E-state index contributed by atoms with van der Waals surface area (Å²) in [4.78, 5) is 28.4. The number of benzene rings is 2. The van der Waals surface area contributed by atoms with E-state index in [1.54, 1.807) is 0 Å². The van der Waals surface area contributed by atoms with Crippen LogP contribution >= 0.6 is 0 Å². The second-order valence-electron chi connectivity index (χ2n) is 5.78. The van der Waals surface area contributed by atoms with Crippen LogP contribution in [-0.4, -0.2) is 15.5 Å². The average molecular weight is 355 g/mol. The molecule has 132 valence electrons. The van der Waals surface area contributed by atoms with Crippen LogP contribution in [-0.2, 0) is 11.3 Å². The van der Waals surface area contributed by atoms with Gasteiger partial charge in [-0.25, -0.2) is 13.8 Å². The fraction of sp³-hybridized carbons (Fsp3) is 0.105. The molecule has 0 radical (unpaired) electrons. The first-order chi connectivity index (χ1) is 12.4. The van der Waals surface area contributed by atoms with Crippen molar-refractivity contribution in [2.45, 2.75) is 13.5 Å². The fourth-order valence-electron chi connectivity index (χ4n) is 2.36. The van der Waals surface area contributed by atoms with E-state index in [0.29, 0.717) is 11.8 Å². The number of rotatable bonds is 4. The topological polar surface area (TPSA) is 64.0 Å². The van der Waals surface area contributed by atoms with Gasteiger partial charge in [-0.3, -0.25) is 14.2 Å². The minimum Gasteiger partial charge on any atom is -0.322 e. The van der Waals surface area contributed by atoms with E-state index in [1.807, 2.05) is 31.2 Å². The molecule has 5 nitrogen and oxygen atoms in total. The van der Waals surface area contributed by atoms with Gasteiger partial charge >= 0.3 is 0 Å². The zero-order valence-electron chi connectivity index (χ0n) is 13.9. The minimum atomic E-state index is -0.890. The standard InChI is InChI=1S/C19H15F2N3O2/c1-12-2-4-13(5-3-12)17-9-19(26)24(11-22-17)10-18(25)23-16-7-6-14(20)8-15(16)21/h2-9,11H,10H2,1H3,(H,23,25). The highest BCUT2D eigenvalue weighted by atomic mass is 19.1. The largest absolute Gasteiger partial charge is 0.322 e. The third kappa shape index (κ3) is 4.00. The molecule has 2 aromatic carbocycles. The lowest BCUT2D eigenvalue weighted by Crippen LogP contribution is -2.27. The number of nitrogens with zero attached hydrogens (tertiary/aromatic N) is 2. The first kappa shape index (κ1) is 17.5. The summed E-state index contributed by atoms with van der Waals surface area (Å²) in [6, 6.07) is 11.7. The molecule has 0 aliphatic heterocycles. The highest BCUT2D eigenvalue weighted by Gasteiger charge is 2.10. The molecule has 7 heteroatoms. The second-order valence-corrected chi connectivity index (χ2v) is 5.78. The van der Waals surface area contributed by atoms with Crippen molar-refractivity contribution in [2.24, 2.45) is 0 Å². The van der Waals surface area contributed by atoms with Crippen molar-refractivity contribution in [3.8, 4) is 11.3 Å². The molecule has 1 amide bonds. The van der Waals surface area contributed by atoms with Crippen LogP contribution in [0.1, 0.15) is 5.56 Å². The van der Waals surface area contributed by atoms with Gasteiger partial charge in [0.2, 0.25) is 5.91 Å². The molecular weight excluding hydrogens is 340 g/mol. The number of carbonyl (C=O) groups is 1. The maximum Gasteiger partial charge on any atom is 0.254 e. The SMILES string of the molecule is Cc1ccc(-c2cc(=O)n(CC(=O)Nc3ccc(F)cc3F)cn2)cc1. The van der Waals surface area contributed by atoms with Crippen molar-refractivity contribution >= 4 is 11.6 Å². The van der Waals surface area contributed by atoms with Gasteiger partial charge in [0.05, 0.1) is 17.7 Å². The van der Waals surface area contributed by atoms with Gasteiger partial charge in [-0.1, -0.05) is 29.8 Å². The zero-order valence-corrected chi connectivity index (χ0v) is 13.9. The highest BCUT2D eigenvalue weighted by Crippen LogP contribution is 2.16. The number of hydrogen-bond donors (Lipinski definition) is 1. The van der Waals surface area contributed by atoms with Crippen LogP contribution in [0.15, 0.2) is 59.7 Å². The fourth-order valence-corrected chi connectivity index (χ4v) is 2.36. The Morgan fingerprint density at radius 3 is 2.50 bits per heavy atom. The first-order valence-electron chi connectivity index (χ1n) is 7.81. The number of aromatic nitrogens is 2. The molecule has 0 atom stereocenters. The maximum atomic E-state index is 13.6. The van der Waals surface area contributed by atoms with Gasteiger partial charge in [-0.2, -0.15) is 0 Å². The molecule has 0 aliphatic carbocycles. The molecule has 0 bridgehead atoms. The lowest BCUT2D eigenvalue weighted by Gasteiger charge is -2.09. The molecule has 1 aromatic heterocycles. The molecule has 0 aliphatic rings. The summed E-state index contributed by atoms with van der Waals surface area (Å²) in [7, 11) is 0. The molecular formula is C19H15F2N3O2. The van der Waals surface area contributed by atoms with Gasteiger partial charge < -0.3 is 5.32 Å². The Bertz CT molecular complexity index is 1010. The lowest BCUT2D eigenvalue weighted by molar-refractivity contribution is -0.116. The summed E-state index contributed by atoms with van der Waals surface area (Å²) in [5.74, 6) is -2.26. The van der Waals surface area contributed by atoms with Crippen molar-refractivity contribution in [2.75, 3.05) is 5.32 Å². The molecule has 26 heavy (non-hydrogen) atoms. The normalized spacial score (nSPS) is 10.6. The van der Waals surface area contributed by atoms with E-state index < -0.39 is 23.1 Å². The number of amides is 1. The Labute approximate surface area is 147 Å². The van der Waals surface area contributed by atoms with Gasteiger partial charge in [0.15, 0.2) is 0 Å². The molecule has 1 N–H and O–H groups in total. The molecule has 0 unspecified atom stereocenters. The average Bonchev–Trinajstić information content (AvgIpc) is 2.60. The predicted molar refractivity (Wildman–Crippen MR) is 93.7 cm³/mol. The van der Waals surface area contributed by atoms with Crippen LogP contribution in [0.2, 0.25) is 0 Å². The van der Waals surface area contributed by atoms with Crippen LogP contribution in [0.5, 0.6) is 0 Å². The summed E-state index contributed by atoms with van der Waals surface area (Å²) >= 11 is 0. The summed E-state index contributed by atoms with van der Waals surface area (Å²) in [6.45, 7) is 1.62. The lowest BCUT2D eigenvalue weighted by atomic mass is 10.1. The quantitative estimate of drug-likeness (QED) is 0.782. The van der Waals surface area contributed by atoms with Crippen LogP contribution < -0.4 is 10.9 Å². The number of aryl methyl sites for hydroxylation is 1. The van der Waals surface area contributed by atoms with E-state index in [4.69, 9.17) is 0 Å². The van der Waals surface area contributed by atoms with Crippen LogP contribution in [0.3, 0.4) is 0 Å². The van der Waals surface area contributed by atoms with Crippen LogP contribution in [0.25, 0.3) is 11.3 Å². The van der Waals surface area contributed by atoms with Gasteiger partial charge in [0.1, 0.15) is 18.2 Å². The molecule has 3 aromatic rings. The predicted octanol–water partition coefficient (Wildman–Crippen LogP) is 3.14. The van der Waals surface area contributed by atoms with E-state index in [2.05, 4.69) is 10.3 Å². The molecule has 0 saturated heterocycles. The van der Waals surface area contributed by atoms with E-state index >= 15 is 0 Å². The number of hydrogen-bond acceptors (Lipinski definition) is 3. The van der Waals surface area contributed by atoms with Crippen molar-refractivity contribution in [3.05, 3.63) is 82.4 Å². The zero-order chi connectivity index (χ0) is 18.7. The van der Waals surface area contributed by atoms with E-state index in [0.717, 1.165) is 27.8 Å². The Hall–Kier alpha value is -3.35. The van der Waals surface area contributed by atoms with Crippen molar-refractivity contribution in [1.82, 2.24) is 9.55 Å². The van der Waals surface area contributed by atoms with Crippen LogP contribution in [0.4, 0.5) is 14.5 Å². The smallest absolute Gasteiger partial charge is 0.254 e. The summed E-state index contributed by atoms with van der Waals surface area (Å²) in [6.07, 6.45) is 1.26. The Morgan fingerprint density at radius 2 is 1.85 bits per heavy atom. The van der Waals surface area contributed by atoms with E-state index in [9.17, 15) is 18.4 Å². The van der Waals surface area contributed by atoms with Crippen molar-refractivity contribution in [3.63, 3.8) is 0 Å². The van der Waals surface area contributed by atoms with E-state index in [1.165, 1.54) is 12.4 Å². The molecule has 3 rings (SSSR count). The minimum absolute atomic E-state index is 0.159. The monoisotopic (exact) mass is 355 g/mol. The third-order valence-electron chi connectivity index (χ3n) is 3.75. The molecule has 0 spiro atoms. The molecule has 0 saturated carbocycles. The van der Waals surface area contributed by atoms with Gasteiger partial charge in [-0.15, -0.1) is 0 Å².